The maximum absolute atomic E-state index is 10.7. The minimum atomic E-state index is -0.457. The van der Waals surface area contributed by atoms with Gasteiger partial charge in [-0.05, 0) is 17.7 Å². The predicted octanol–water partition coefficient (Wildman–Crippen LogP) is 1.27. The van der Waals surface area contributed by atoms with Crippen molar-refractivity contribution >= 4 is 17.5 Å². The Morgan fingerprint density at radius 3 is 2.46 bits per heavy atom. The summed E-state index contributed by atoms with van der Waals surface area (Å²) in [5, 5.41) is 0.667. The molecule has 1 saturated heterocycles. The molecule has 3 nitrogen and oxygen atoms in total. The van der Waals surface area contributed by atoms with Gasteiger partial charge in [0.2, 0.25) is 5.91 Å². The summed E-state index contributed by atoms with van der Waals surface area (Å²) in [6.07, 6.45) is -0.629. The number of epoxide rings is 1. The Morgan fingerprint density at radius 1 is 1.38 bits per heavy atom. The standard InChI is InChI=1S/C9H8ClNO2/c10-6-3-1-5(2-4-6)7-8(13-7)9(11)12/h1-4,7-8H,(H2,11,12)/t7-,8+/m1/s1. The van der Waals surface area contributed by atoms with E-state index < -0.39 is 12.0 Å². The van der Waals surface area contributed by atoms with Gasteiger partial charge in [0, 0.05) is 5.02 Å². The lowest BCUT2D eigenvalue weighted by Crippen LogP contribution is -2.18. The lowest BCUT2D eigenvalue weighted by Gasteiger charge is -1.94. The molecule has 2 N–H and O–H groups in total. The Morgan fingerprint density at radius 2 is 2.00 bits per heavy atom. The van der Waals surface area contributed by atoms with Gasteiger partial charge in [0.15, 0.2) is 6.10 Å². The van der Waals surface area contributed by atoms with Gasteiger partial charge in [-0.25, -0.2) is 0 Å². The normalized spacial score (nSPS) is 25.6. The van der Waals surface area contributed by atoms with Crippen molar-refractivity contribution in [2.45, 2.75) is 12.2 Å². The van der Waals surface area contributed by atoms with Crippen molar-refractivity contribution < 1.29 is 9.53 Å². The van der Waals surface area contributed by atoms with Gasteiger partial charge in [0.05, 0.1) is 0 Å². The molecule has 2 atom stereocenters. The SMILES string of the molecule is NC(=O)[C@H]1O[C@@H]1c1ccc(Cl)cc1. The van der Waals surface area contributed by atoms with E-state index in [2.05, 4.69) is 0 Å². The second-order valence-electron chi connectivity index (χ2n) is 2.93. The molecule has 1 aliphatic rings. The Bertz CT molecular complexity index is 336. The van der Waals surface area contributed by atoms with Crippen LogP contribution in [0.15, 0.2) is 24.3 Å². The van der Waals surface area contributed by atoms with Crippen LogP contribution in [0, 0.1) is 0 Å². The molecule has 0 spiro atoms. The number of carbonyl (C=O) groups is 1. The van der Waals surface area contributed by atoms with Crippen LogP contribution in [0.25, 0.3) is 0 Å². The van der Waals surface area contributed by atoms with E-state index in [4.69, 9.17) is 22.1 Å². The van der Waals surface area contributed by atoms with Crippen molar-refractivity contribution in [2.75, 3.05) is 0 Å². The highest BCUT2D eigenvalue weighted by atomic mass is 35.5. The summed E-state index contributed by atoms with van der Waals surface area (Å²) in [5.74, 6) is -0.417. The van der Waals surface area contributed by atoms with E-state index in [0.29, 0.717) is 5.02 Å². The van der Waals surface area contributed by atoms with E-state index >= 15 is 0 Å². The first-order valence-corrected chi connectivity index (χ1v) is 4.26. The molecule has 0 aliphatic carbocycles. The van der Waals surface area contributed by atoms with Crippen LogP contribution < -0.4 is 5.73 Å². The molecule has 2 rings (SSSR count). The number of nitrogens with two attached hydrogens (primary N) is 1. The van der Waals surface area contributed by atoms with Crippen LogP contribution in [0.2, 0.25) is 5.02 Å². The van der Waals surface area contributed by atoms with Crippen LogP contribution >= 0.6 is 11.6 Å². The zero-order valence-corrected chi connectivity index (χ0v) is 7.49. The molecule has 0 saturated carbocycles. The molecule has 0 radical (unpaired) electrons. The molecule has 0 aromatic heterocycles. The van der Waals surface area contributed by atoms with E-state index in [1.807, 2.05) is 12.1 Å². The number of hydrogen-bond acceptors (Lipinski definition) is 2. The van der Waals surface area contributed by atoms with Crippen LogP contribution in [0.5, 0.6) is 0 Å². The van der Waals surface area contributed by atoms with Gasteiger partial charge in [-0.15, -0.1) is 0 Å². The molecule has 0 unspecified atom stereocenters. The molecule has 4 heteroatoms. The summed E-state index contributed by atoms with van der Waals surface area (Å²) in [6, 6.07) is 7.18. The molecule has 0 bridgehead atoms. The quantitative estimate of drug-likeness (QED) is 0.726. The van der Waals surface area contributed by atoms with Gasteiger partial charge < -0.3 is 10.5 Å². The third-order valence-electron chi connectivity index (χ3n) is 1.97. The van der Waals surface area contributed by atoms with Crippen molar-refractivity contribution in [3.8, 4) is 0 Å². The smallest absolute Gasteiger partial charge is 0.249 e. The van der Waals surface area contributed by atoms with Crippen LogP contribution in [0.4, 0.5) is 0 Å². The van der Waals surface area contributed by atoms with E-state index in [9.17, 15) is 4.79 Å². The van der Waals surface area contributed by atoms with Gasteiger partial charge in [0.1, 0.15) is 6.10 Å². The molecule has 68 valence electrons. The first kappa shape index (κ1) is 8.53. The van der Waals surface area contributed by atoms with Crippen LogP contribution in [0.1, 0.15) is 11.7 Å². The fraction of sp³-hybridized carbons (Fsp3) is 0.222. The molecule has 1 aliphatic heterocycles. The van der Waals surface area contributed by atoms with Gasteiger partial charge in [0.25, 0.3) is 0 Å². The Labute approximate surface area is 80.4 Å². The number of amides is 1. The summed E-state index contributed by atoms with van der Waals surface area (Å²) in [7, 11) is 0. The number of rotatable bonds is 2. The summed E-state index contributed by atoms with van der Waals surface area (Å²) in [5.41, 5.74) is 6.00. The highest BCUT2D eigenvalue weighted by molar-refractivity contribution is 6.30. The average molecular weight is 198 g/mol. The second kappa shape index (κ2) is 3.01. The first-order chi connectivity index (χ1) is 6.18. The monoisotopic (exact) mass is 197 g/mol. The van der Waals surface area contributed by atoms with Crippen LogP contribution in [-0.4, -0.2) is 12.0 Å². The number of hydrogen-bond donors (Lipinski definition) is 1. The van der Waals surface area contributed by atoms with Gasteiger partial charge in [-0.2, -0.15) is 0 Å². The number of halogens is 1. The second-order valence-corrected chi connectivity index (χ2v) is 3.37. The van der Waals surface area contributed by atoms with Gasteiger partial charge in [-0.3, -0.25) is 4.79 Å². The molecule has 13 heavy (non-hydrogen) atoms. The lowest BCUT2D eigenvalue weighted by atomic mass is 10.1. The summed E-state index contributed by atoms with van der Waals surface area (Å²) < 4.78 is 5.09. The Kier molecular flexibility index (Phi) is 1.98. The molecular weight excluding hydrogens is 190 g/mol. The molecule has 1 fully saturated rings. The first-order valence-electron chi connectivity index (χ1n) is 3.89. The van der Waals surface area contributed by atoms with Crippen LogP contribution in [0.3, 0.4) is 0 Å². The number of ether oxygens (including phenoxy) is 1. The molecule has 1 amide bonds. The minimum absolute atomic E-state index is 0.172. The summed E-state index contributed by atoms with van der Waals surface area (Å²) in [4.78, 5) is 10.7. The topological polar surface area (TPSA) is 55.6 Å². The molecule has 1 aromatic rings. The predicted molar refractivity (Wildman–Crippen MR) is 48.3 cm³/mol. The zero-order chi connectivity index (χ0) is 9.42. The summed E-state index contributed by atoms with van der Waals surface area (Å²) in [6.45, 7) is 0. The van der Waals surface area contributed by atoms with Crippen molar-refractivity contribution in [3.63, 3.8) is 0 Å². The van der Waals surface area contributed by atoms with E-state index in [0.717, 1.165) is 5.56 Å². The van der Waals surface area contributed by atoms with Crippen molar-refractivity contribution in [1.29, 1.82) is 0 Å². The number of benzene rings is 1. The van der Waals surface area contributed by atoms with Crippen LogP contribution in [-0.2, 0) is 9.53 Å². The highest BCUT2D eigenvalue weighted by Crippen LogP contribution is 2.38. The van der Waals surface area contributed by atoms with Crippen molar-refractivity contribution in [3.05, 3.63) is 34.9 Å². The van der Waals surface area contributed by atoms with Crippen molar-refractivity contribution in [2.24, 2.45) is 5.73 Å². The molecular formula is C9H8ClNO2. The maximum Gasteiger partial charge on any atom is 0.249 e. The van der Waals surface area contributed by atoms with E-state index in [1.165, 1.54) is 0 Å². The maximum atomic E-state index is 10.7. The fourth-order valence-corrected chi connectivity index (χ4v) is 1.36. The highest BCUT2D eigenvalue weighted by Gasteiger charge is 2.44. The largest absolute Gasteiger partial charge is 0.367 e. The van der Waals surface area contributed by atoms with Gasteiger partial charge >= 0.3 is 0 Å². The van der Waals surface area contributed by atoms with Gasteiger partial charge in [-0.1, -0.05) is 23.7 Å². The summed E-state index contributed by atoms with van der Waals surface area (Å²) >= 11 is 5.70. The zero-order valence-electron chi connectivity index (χ0n) is 6.74. The third-order valence-corrected chi connectivity index (χ3v) is 2.22. The Hall–Kier alpha value is -1.06. The molecule has 1 heterocycles. The number of carbonyl (C=O) groups excluding carboxylic acids is 1. The van der Waals surface area contributed by atoms with E-state index in [-0.39, 0.29) is 6.10 Å². The fourth-order valence-electron chi connectivity index (χ4n) is 1.23. The Balaban J connectivity index is 2.12. The number of primary amides is 1. The molecule has 1 aromatic carbocycles. The van der Waals surface area contributed by atoms with E-state index in [1.54, 1.807) is 12.1 Å². The third kappa shape index (κ3) is 1.66. The average Bonchev–Trinajstić information content (AvgIpc) is 2.85. The minimum Gasteiger partial charge on any atom is -0.367 e. The van der Waals surface area contributed by atoms with Crippen molar-refractivity contribution in [1.82, 2.24) is 0 Å². The lowest BCUT2D eigenvalue weighted by molar-refractivity contribution is -0.119.